The average Bonchev–Trinajstić information content (AvgIpc) is 2.97. The molecule has 1 fully saturated rings. The van der Waals surface area contributed by atoms with Crippen molar-refractivity contribution in [2.24, 2.45) is 0 Å². The van der Waals surface area contributed by atoms with Crippen LogP contribution in [0.3, 0.4) is 0 Å². The number of rotatable bonds is 6. The van der Waals surface area contributed by atoms with Crippen LogP contribution >= 0.6 is 11.6 Å². The minimum atomic E-state index is -4.56. The third-order valence-corrected chi connectivity index (χ3v) is 6.39. The largest absolute Gasteiger partial charge is 0.484 e. The van der Waals surface area contributed by atoms with Gasteiger partial charge in [-0.3, -0.25) is 4.79 Å². The smallest absolute Gasteiger partial charge is 0.422 e. The van der Waals surface area contributed by atoms with Crippen LogP contribution in [0.2, 0.25) is 5.02 Å². The van der Waals surface area contributed by atoms with E-state index < -0.39 is 39.9 Å². The van der Waals surface area contributed by atoms with Crippen LogP contribution in [0.5, 0.6) is 5.75 Å². The first kappa shape index (κ1) is 20.3. The molecule has 1 N–H and O–H groups in total. The summed E-state index contributed by atoms with van der Waals surface area (Å²) in [6.45, 7) is -1.89. The highest BCUT2D eigenvalue weighted by atomic mass is 35.5. The fraction of sp³-hybridized carbons (Fsp3) is 0.429. The van der Waals surface area contributed by atoms with Gasteiger partial charge in [0.1, 0.15) is 11.8 Å². The van der Waals surface area contributed by atoms with Gasteiger partial charge in [-0.05, 0) is 18.6 Å². The molecule has 0 saturated carbocycles. The van der Waals surface area contributed by atoms with E-state index in [2.05, 4.69) is 4.74 Å². The van der Waals surface area contributed by atoms with E-state index in [-0.39, 0.29) is 35.0 Å². The molecular formula is C14H13ClF3NO6S. The maximum absolute atomic E-state index is 12.7. The minimum Gasteiger partial charge on any atom is -0.484 e. The summed E-state index contributed by atoms with van der Waals surface area (Å²) in [5.41, 5.74) is 0. The zero-order valence-electron chi connectivity index (χ0n) is 12.9. The molecule has 7 nitrogen and oxygen atoms in total. The molecule has 1 aliphatic heterocycles. The molecule has 0 spiro atoms. The fourth-order valence-electron chi connectivity index (χ4n) is 2.55. The van der Waals surface area contributed by atoms with Crippen molar-refractivity contribution in [3.05, 3.63) is 23.2 Å². The van der Waals surface area contributed by atoms with Crippen LogP contribution in [-0.4, -0.2) is 61.4 Å². The van der Waals surface area contributed by atoms with Gasteiger partial charge >= 0.3 is 12.1 Å². The lowest BCUT2D eigenvalue weighted by molar-refractivity contribution is -0.153. The predicted molar refractivity (Wildman–Crippen MR) is 82.8 cm³/mol. The van der Waals surface area contributed by atoms with Gasteiger partial charge in [0.2, 0.25) is 6.41 Å². The molecule has 1 aromatic rings. The third kappa shape index (κ3) is 4.39. The van der Waals surface area contributed by atoms with Crippen molar-refractivity contribution in [3.63, 3.8) is 0 Å². The Morgan fingerprint density at radius 2 is 2.08 bits per heavy atom. The van der Waals surface area contributed by atoms with Crippen LogP contribution in [0.15, 0.2) is 23.1 Å². The first-order chi connectivity index (χ1) is 12.0. The number of carbonyl (C=O) groups excluding carboxylic acids is 1. The van der Waals surface area contributed by atoms with Crippen molar-refractivity contribution in [2.45, 2.75) is 28.8 Å². The molecule has 144 valence electrons. The van der Waals surface area contributed by atoms with E-state index in [1.165, 1.54) is 0 Å². The SMILES string of the molecule is O=CN1CC(S(=O)(=O)c2ccc(OCC(F)(F)F)cc2Cl)CC1C(=O)O. The van der Waals surface area contributed by atoms with E-state index >= 15 is 0 Å². The number of carbonyl (C=O) groups is 2. The molecule has 1 aromatic carbocycles. The Morgan fingerprint density at radius 1 is 1.42 bits per heavy atom. The number of sulfone groups is 1. The molecule has 2 unspecified atom stereocenters. The molecule has 12 heteroatoms. The number of hydrogen-bond donors (Lipinski definition) is 1. The van der Waals surface area contributed by atoms with E-state index in [0.717, 1.165) is 23.1 Å². The van der Waals surface area contributed by atoms with Crippen LogP contribution in [0.1, 0.15) is 6.42 Å². The highest BCUT2D eigenvalue weighted by Gasteiger charge is 2.43. The van der Waals surface area contributed by atoms with E-state index in [1.807, 2.05) is 0 Å². The molecule has 1 amide bonds. The topological polar surface area (TPSA) is 101 Å². The summed E-state index contributed by atoms with van der Waals surface area (Å²) >= 11 is 5.87. The van der Waals surface area contributed by atoms with Gasteiger partial charge in [0, 0.05) is 12.6 Å². The summed E-state index contributed by atoms with van der Waals surface area (Å²) in [6.07, 6.45) is -4.63. The summed E-state index contributed by atoms with van der Waals surface area (Å²) < 4.78 is 66.3. The molecule has 0 aromatic heterocycles. The number of carboxylic acids is 1. The molecule has 0 bridgehead atoms. The zero-order valence-corrected chi connectivity index (χ0v) is 14.5. The highest BCUT2D eigenvalue weighted by molar-refractivity contribution is 7.92. The third-order valence-electron chi connectivity index (χ3n) is 3.77. The molecule has 2 atom stereocenters. The van der Waals surface area contributed by atoms with E-state index in [9.17, 15) is 31.2 Å². The Labute approximate surface area is 151 Å². The van der Waals surface area contributed by atoms with Crippen LogP contribution in [0, 0.1) is 0 Å². The van der Waals surface area contributed by atoms with Crippen LogP contribution in [0.25, 0.3) is 0 Å². The average molecular weight is 416 g/mol. The Hall–Kier alpha value is -2.01. The number of hydrogen-bond acceptors (Lipinski definition) is 5. The summed E-state index contributed by atoms with van der Waals surface area (Å²) in [6, 6.07) is 1.66. The number of halogens is 4. The maximum atomic E-state index is 12.7. The first-order valence-electron chi connectivity index (χ1n) is 7.12. The second-order valence-corrected chi connectivity index (χ2v) is 8.16. The highest BCUT2D eigenvalue weighted by Crippen LogP contribution is 2.33. The Balaban J connectivity index is 2.24. The van der Waals surface area contributed by atoms with E-state index in [0.29, 0.717) is 0 Å². The van der Waals surface area contributed by atoms with Gasteiger partial charge in [-0.25, -0.2) is 13.2 Å². The standard InChI is InChI=1S/C14H13ClF3NO6S/c15-10-3-8(25-6-14(16,17)18)1-2-12(10)26(23,24)9-4-11(13(21)22)19(5-9)7-20/h1-3,7,9,11H,4-6H2,(H,21,22). The van der Waals surface area contributed by atoms with E-state index in [4.69, 9.17) is 16.7 Å². The fourth-order valence-corrected chi connectivity index (χ4v) is 4.80. The van der Waals surface area contributed by atoms with E-state index in [1.54, 1.807) is 0 Å². The quantitative estimate of drug-likeness (QED) is 0.710. The molecule has 0 aliphatic carbocycles. The van der Waals surface area contributed by atoms with Crippen molar-refractivity contribution in [2.75, 3.05) is 13.2 Å². The summed E-state index contributed by atoms with van der Waals surface area (Å²) in [7, 11) is -4.11. The molecule has 2 rings (SSSR count). The molecule has 1 saturated heterocycles. The van der Waals surface area contributed by atoms with Gasteiger partial charge in [-0.2, -0.15) is 13.2 Å². The van der Waals surface area contributed by atoms with Crippen LogP contribution < -0.4 is 4.74 Å². The number of benzene rings is 1. The molecular weight excluding hydrogens is 403 g/mol. The summed E-state index contributed by atoms with van der Waals surface area (Å²) in [5.74, 6) is -1.60. The second kappa shape index (κ2) is 7.31. The van der Waals surface area contributed by atoms with Gasteiger partial charge in [0.05, 0.1) is 15.2 Å². The molecule has 1 aliphatic rings. The predicted octanol–water partition coefficient (Wildman–Crippen LogP) is 1.74. The lowest BCUT2D eigenvalue weighted by Gasteiger charge is -2.15. The molecule has 0 radical (unpaired) electrons. The number of alkyl halides is 3. The zero-order chi connectivity index (χ0) is 19.7. The Kier molecular flexibility index (Phi) is 5.71. The normalized spacial score (nSPS) is 20.8. The van der Waals surface area contributed by atoms with Gasteiger partial charge in [-0.1, -0.05) is 11.6 Å². The van der Waals surface area contributed by atoms with Crippen molar-refractivity contribution in [1.29, 1.82) is 0 Å². The van der Waals surface area contributed by atoms with Gasteiger partial charge in [0.15, 0.2) is 16.4 Å². The lowest BCUT2D eigenvalue weighted by atomic mass is 10.2. The summed E-state index contributed by atoms with van der Waals surface area (Å²) in [5, 5.41) is 7.49. The second-order valence-electron chi connectivity index (χ2n) is 5.56. The number of nitrogens with zero attached hydrogens (tertiary/aromatic N) is 1. The van der Waals surface area contributed by atoms with Gasteiger partial charge in [-0.15, -0.1) is 0 Å². The van der Waals surface area contributed by atoms with Crippen molar-refractivity contribution in [3.8, 4) is 5.75 Å². The van der Waals surface area contributed by atoms with Crippen LogP contribution in [0.4, 0.5) is 13.2 Å². The Bertz CT molecular complexity index is 813. The van der Waals surface area contributed by atoms with Crippen molar-refractivity contribution in [1.82, 2.24) is 4.90 Å². The first-order valence-corrected chi connectivity index (χ1v) is 9.05. The van der Waals surface area contributed by atoms with Crippen molar-refractivity contribution >= 4 is 33.8 Å². The Morgan fingerprint density at radius 3 is 2.54 bits per heavy atom. The summed E-state index contributed by atoms with van der Waals surface area (Å²) in [4.78, 5) is 22.5. The van der Waals surface area contributed by atoms with Crippen LogP contribution in [-0.2, 0) is 19.4 Å². The van der Waals surface area contributed by atoms with Gasteiger partial charge in [0.25, 0.3) is 0 Å². The number of aliphatic carboxylic acids is 1. The van der Waals surface area contributed by atoms with Gasteiger partial charge < -0.3 is 14.7 Å². The monoisotopic (exact) mass is 415 g/mol. The molecule has 26 heavy (non-hydrogen) atoms. The van der Waals surface area contributed by atoms with Crippen molar-refractivity contribution < 1.29 is 41.0 Å². The number of likely N-dealkylation sites (tertiary alicyclic amines) is 1. The lowest BCUT2D eigenvalue weighted by Crippen LogP contribution is -2.34. The molecule has 1 heterocycles. The number of amides is 1. The maximum Gasteiger partial charge on any atom is 0.422 e. The minimum absolute atomic E-state index is 0.254. The number of carboxylic acid groups (broad SMARTS) is 1. The number of ether oxygens (including phenoxy) is 1.